The lowest BCUT2D eigenvalue weighted by Crippen LogP contribution is -2.36. The summed E-state index contributed by atoms with van der Waals surface area (Å²) in [4.78, 5) is 0. The van der Waals surface area contributed by atoms with Crippen LogP contribution in [-0.4, -0.2) is 32.5 Å². The number of alkyl halides is 3. The molecule has 1 unspecified atom stereocenters. The highest BCUT2D eigenvalue weighted by Crippen LogP contribution is 2.27. The van der Waals surface area contributed by atoms with Crippen LogP contribution >= 0.6 is 0 Å². The molecule has 0 saturated heterocycles. The average Bonchev–Trinajstić information content (AvgIpc) is 2.75. The summed E-state index contributed by atoms with van der Waals surface area (Å²) in [7, 11) is 1.89. The molecule has 0 aromatic carbocycles. The molecule has 0 aliphatic heterocycles. The van der Waals surface area contributed by atoms with Crippen LogP contribution in [0.25, 0.3) is 0 Å². The first-order valence-corrected chi connectivity index (χ1v) is 6.34. The van der Waals surface area contributed by atoms with Crippen molar-refractivity contribution in [3.05, 3.63) is 0 Å². The van der Waals surface area contributed by atoms with Crippen LogP contribution < -0.4 is 5.32 Å². The summed E-state index contributed by atoms with van der Waals surface area (Å²) in [5.41, 5.74) is 0. The van der Waals surface area contributed by atoms with Gasteiger partial charge in [-0.1, -0.05) is 12.8 Å². The smallest absolute Gasteiger partial charge is 0.380 e. The minimum Gasteiger partial charge on any atom is -0.380 e. The zero-order valence-corrected chi connectivity index (χ0v) is 10.4. The topological polar surface area (TPSA) is 21.3 Å². The molecule has 1 saturated carbocycles. The molecule has 1 aliphatic carbocycles. The maximum atomic E-state index is 11.9. The number of nitrogens with one attached hydrogen (secondary N) is 1. The zero-order chi connectivity index (χ0) is 12.7. The lowest BCUT2D eigenvalue weighted by atomic mass is 9.99. The van der Waals surface area contributed by atoms with Gasteiger partial charge in [-0.05, 0) is 32.2 Å². The fourth-order valence-electron chi connectivity index (χ4n) is 2.40. The molecular formula is C12H22F3NO. The van der Waals surface area contributed by atoms with Gasteiger partial charge in [0.2, 0.25) is 0 Å². The molecule has 102 valence electrons. The van der Waals surface area contributed by atoms with Gasteiger partial charge in [-0.15, -0.1) is 0 Å². The number of halogens is 3. The molecule has 0 heterocycles. The first-order valence-electron chi connectivity index (χ1n) is 6.34. The van der Waals surface area contributed by atoms with Crippen molar-refractivity contribution >= 4 is 0 Å². The van der Waals surface area contributed by atoms with E-state index in [1.807, 2.05) is 7.05 Å². The second-order valence-electron chi connectivity index (χ2n) is 4.73. The largest absolute Gasteiger partial charge is 0.389 e. The van der Waals surface area contributed by atoms with Crippen LogP contribution in [0.5, 0.6) is 0 Å². The van der Waals surface area contributed by atoms with Crippen molar-refractivity contribution in [2.75, 3.05) is 20.3 Å². The minimum atomic E-state index is -4.06. The Labute approximate surface area is 101 Å². The highest BCUT2D eigenvalue weighted by Gasteiger charge is 2.26. The molecule has 1 N–H and O–H groups in total. The molecule has 1 aliphatic rings. The van der Waals surface area contributed by atoms with E-state index in [9.17, 15) is 13.2 Å². The number of hydrogen-bond donors (Lipinski definition) is 1. The Morgan fingerprint density at radius 2 is 1.94 bits per heavy atom. The van der Waals surface area contributed by atoms with Crippen LogP contribution in [0.2, 0.25) is 0 Å². The molecule has 0 radical (unpaired) electrons. The normalized spacial score (nSPS) is 19.8. The van der Waals surface area contributed by atoms with E-state index >= 15 is 0 Å². The molecule has 0 amide bonds. The van der Waals surface area contributed by atoms with E-state index in [-0.39, 0.29) is 13.0 Å². The van der Waals surface area contributed by atoms with Gasteiger partial charge in [0.25, 0.3) is 0 Å². The third-order valence-corrected chi connectivity index (χ3v) is 3.39. The number of hydrogen-bond acceptors (Lipinski definition) is 2. The summed E-state index contributed by atoms with van der Waals surface area (Å²) in [5.74, 6) is 0.627. The van der Waals surface area contributed by atoms with E-state index in [4.69, 9.17) is 4.74 Å². The average molecular weight is 253 g/mol. The van der Waals surface area contributed by atoms with Crippen molar-refractivity contribution in [1.29, 1.82) is 0 Å². The van der Waals surface area contributed by atoms with E-state index < -0.39 is 12.6 Å². The molecule has 0 aromatic rings. The van der Waals surface area contributed by atoms with Gasteiger partial charge in [-0.25, -0.2) is 0 Å². The van der Waals surface area contributed by atoms with E-state index in [0.29, 0.717) is 18.6 Å². The van der Waals surface area contributed by atoms with Gasteiger partial charge in [0.15, 0.2) is 0 Å². The molecule has 2 nitrogen and oxygen atoms in total. The first kappa shape index (κ1) is 14.8. The van der Waals surface area contributed by atoms with Crippen LogP contribution in [-0.2, 0) is 4.74 Å². The number of rotatable bonds is 7. The van der Waals surface area contributed by atoms with Crippen LogP contribution in [0.1, 0.15) is 38.5 Å². The molecule has 5 heteroatoms. The highest BCUT2D eigenvalue weighted by atomic mass is 19.4. The minimum absolute atomic E-state index is 0.0601. The summed E-state index contributed by atoms with van der Waals surface area (Å²) in [6.07, 6.45) is 0.186. The SMILES string of the molecule is CNC(COCCCC(F)(F)F)C1CCCC1. The Kier molecular flexibility index (Phi) is 6.27. The molecule has 17 heavy (non-hydrogen) atoms. The van der Waals surface area contributed by atoms with E-state index in [1.54, 1.807) is 0 Å². The maximum Gasteiger partial charge on any atom is 0.389 e. The second kappa shape index (κ2) is 7.21. The van der Waals surface area contributed by atoms with E-state index in [2.05, 4.69) is 5.32 Å². The van der Waals surface area contributed by atoms with Crippen LogP contribution in [0.15, 0.2) is 0 Å². The van der Waals surface area contributed by atoms with Crippen molar-refractivity contribution in [1.82, 2.24) is 5.32 Å². The zero-order valence-electron chi connectivity index (χ0n) is 10.4. The molecule has 0 bridgehead atoms. The third-order valence-electron chi connectivity index (χ3n) is 3.39. The van der Waals surface area contributed by atoms with Crippen molar-refractivity contribution in [2.45, 2.75) is 50.7 Å². The quantitative estimate of drug-likeness (QED) is 0.704. The van der Waals surface area contributed by atoms with E-state index in [1.165, 1.54) is 25.7 Å². The fourth-order valence-corrected chi connectivity index (χ4v) is 2.40. The van der Waals surface area contributed by atoms with Gasteiger partial charge >= 0.3 is 6.18 Å². The van der Waals surface area contributed by atoms with Crippen LogP contribution in [0.4, 0.5) is 13.2 Å². The number of likely N-dealkylation sites (N-methyl/N-ethyl adjacent to an activating group) is 1. The van der Waals surface area contributed by atoms with Crippen molar-refractivity contribution in [3.63, 3.8) is 0 Å². The summed E-state index contributed by atoms with van der Waals surface area (Å²) < 4.78 is 41.0. The van der Waals surface area contributed by atoms with Gasteiger partial charge in [0.1, 0.15) is 0 Å². The van der Waals surface area contributed by atoms with Gasteiger partial charge in [0, 0.05) is 19.1 Å². The van der Waals surface area contributed by atoms with Gasteiger partial charge in [-0.2, -0.15) is 13.2 Å². The van der Waals surface area contributed by atoms with Gasteiger partial charge in [-0.3, -0.25) is 0 Å². The summed E-state index contributed by atoms with van der Waals surface area (Å²) in [6.45, 7) is 0.726. The van der Waals surface area contributed by atoms with Gasteiger partial charge < -0.3 is 10.1 Å². The number of ether oxygens (including phenoxy) is 1. The highest BCUT2D eigenvalue weighted by molar-refractivity contribution is 4.79. The Balaban J connectivity index is 2.07. The maximum absolute atomic E-state index is 11.9. The monoisotopic (exact) mass is 253 g/mol. The molecule has 0 spiro atoms. The molecule has 1 rings (SSSR count). The van der Waals surface area contributed by atoms with Crippen molar-refractivity contribution < 1.29 is 17.9 Å². The van der Waals surface area contributed by atoms with Crippen LogP contribution in [0, 0.1) is 5.92 Å². The predicted molar refractivity (Wildman–Crippen MR) is 60.9 cm³/mol. The third kappa shape index (κ3) is 6.27. The van der Waals surface area contributed by atoms with E-state index in [0.717, 1.165) is 0 Å². The fraction of sp³-hybridized carbons (Fsp3) is 1.00. The summed E-state index contributed by atoms with van der Waals surface area (Å²) >= 11 is 0. The second-order valence-corrected chi connectivity index (χ2v) is 4.73. The standard InChI is InChI=1S/C12H22F3NO/c1-16-11(10-5-2-3-6-10)9-17-8-4-7-12(13,14)15/h10-11,16H,2-9H2,1H3. The molecule has 1 fully saturated rings. The Hall–Kier alpha value is -0.290. The summed E-state index contributed by atoms with van der Waals surface area (Å²) in [5, 5.41) is 3.20. The molecule has 1 atom stereocenters. The lowest BCUT2D eigenvalue weighted by Gasteiger charge is -2.22. The first-order chi connectivity index (χ1) is 8.03. The van der Waals surface area contributed by atoms with Crippen molar-refractivity contribution in [3.8, 4) is 0 Å². The predicted octanol–water partition coefficient (Wildman–Crippen LogP) is 3.12. The Morgan fingerprint density at radius 3 is 2.47 bits per heavy atom. The Morgan fingerprint density at radius 1 is 1.29 bits per heavy atom. The molecule has 0 aromatic heterocycles. The lowest BCUT2D eigenvalue weighted by molar-refractivity contribution is -0.138. The summed E-state index contributed by atoms with van der Waals surface area (Å²) in [6, 6.07) is 0.295. The van der Waals surface area contributed by atoms with Crippen molar-refractivity contribution in [2.24, 2.45) is 5.92 Å². The van der Waals surface area contributed by atoms with Crippen LogP contribution in [0.3, 0.4) is 0 Å². The van der Waals surface area contributed by atoms with Gasteiger partial charge in [0.05, 0.1) is 6.61 Å². The molecular weight excluding hydrogens is 231 g/mol. The Bertz CT molecular complexity index is 202.